The third kappa shape index (κ3) is 4.59. The van der Waals surface area contributed by atoms with Crippen LogP contribution in [-0.2, 0) is 19.1 Å². The van der Waals surface area contributed by atoms with Crippen LogP contribution in [0.25, 0.3) is 21.8 Å². The smallest absolute Gasteiger partial charge is 0.347 e. The van der Waals surface area contributed by atoms with Crippen LogP contribution in [0, 0.1) is 0 Å². The van der Waals surface area contributed by atoms with Gasteiger partial charge < -0.3 is 41.1 Å². The fourth-order valence-electron chi connectivity index (χ4n) is 3.73. The van der Waals surface area contributed by atoms with Crippen molar-refractivity contribution in [2.75, 3.05) is 0 Å². The van der Waals surface area contributed by atoms with Crippen molar-refractivity contribution in [1.29, 1.82) is 0 Å². The predicted molar refractivity (Wildman–Crippen MR) is 126 cm³/mol. The first-order valence-corrected chi connectivity index (χ1v) is 10.7. The summed E-state index contributed by atoms with van der Waals surface area (Å²) in [6, 6.07) is 8.24. The van der Waals surface area contributed by atoms with Gasteiger partial charge in [-0.25, -0.2) is 19.2 Å². The lowest BCUT2D eigenvalue weighted by atomic mass is 10.1. The van der Waals surface area contributed by atoms with Crippen LogP contribution in [0.1, 0.15) is 41.4 Å². The molecule has 2 amide bonds. The van der Waals surface area contributed by atoms with Gasteiger partial charge >= 0.3 is 23.9 Å². The van der Waals surface area contributed by atoms with Crippen LogP contribution in [0.5, 0.6) is 0 Å². The Balaban J connectivity index is 1.45. The number of amides is 2. The Hall–Kier alpha value is -5.34. The second kappa shape index (κ2) is 9.96. The van der Waals surface area contributed by atoms with Gasteiger partial charge in [-0.05, 0) is 12.1 Å². The highest BCUT2D eigenvalue weighted by Gasteiger charge is 2.36. The van der Waals surface area contributed by atoms with Crippen molar-refractivity contribution in [3.63, 3.8) is 0 Å². The maximum Gasteiger partial charge on any atom is 0.347 e. The van der Waals surface area contributed by atoms with Crippen LogP contribution in [-0.4, -0.2) is 68.1 Å². The number of carbonyl (C=O) groups excluding carboxylic acids is 6. The molecule has 0 saturated heterocycles. The van der Waals surface area contributed by atoms with Crippen LogP contribution < -0.4 is 11.5 Å². The number of aliphatic hydroxyl groups excluding tert-OH is 2. The number of ether oxygens (including phenoxy) is 2. The monoisotopic (exact) mass is 522 g/mol. The predicted octanol–water partition coefficient (Wildman–Crippen LogP) is -0.364. The van der Waals surface area contributed by atoms with E-state index < -0.39 is 47.9 Å². The highest BCUT2D eigenvalue weighted by molar-refractivity contribution is 6.14. The molecule has 0 aliphatic heterocycles. The Morgan fingerprint density at radius 1 is 0.632 bits per heavy atom. The van der Waals surface area contributed by atoms with E-state index in [2.05, 4.69) is 19.4 Å². The van der Waals surface area contributed by atoms with E-state index in [1.165, 1.54) is 48.8 Å². The number of carbonyl (C=O) groups is 6. The van der Waals surface area contributed by atoms with Crippen LogP contribution >= 0.6 is 0 Å². The Bertz CT molecular complexity index is 1530. The molecule has 2 atom stereocenters. The molecule has 14 heteroatoms. The van der Waals surface area contributed by atoms with Crippen molar-refractivity contribution in [3.05, 3.63) is 71.0 Å². The van der Waals surface area contributed by atoms with Gasteiger partial charge in [0.15, 0.2) is 12.2 Å². The Morgan fingerprint density at radius 3 is 1.34 bits per heavy atom. The molecular formula is C24H18N4O10. The first kappa shape index (κ1) is 25.7. The highest BCUT2D eigenvalue weighted by Crippen LogP contribution is 2.24. The van der Waals surface area contributed by atoms with Crippen LogP contribution in [0.15, 0.2) is 48.8 Å². The molecule has 0 fully saturated rings. The average Bonchev–Trinajstić information content (AvgIpc) is 3.52. The third-order valence-electron chi connectivity index (χ3n) is 5.57. The number of benzene rings is 2. The van der Waals surface area contributed by atoms with E-state index in [-0.39, 0.29) is 44.1 Å². The molecule has 2 heterocycles. The van der Waals surface area contributed by atoms with E-state index in [1.54, 1.807) is 0 Å². The van der Waals surface area contributed by atoms with Gasteiger partial charge in [0.05, 0.1) is 33.3 Å². The van der Waals surface area contributed by atoms with Gasteiger partial charge in [-0.3, -0.25) is 9.59 Å². The number of aromatic amines is 2. The van der Waals surface area contributed by atoms with Gasteiger partial charge in [-0.15, -0.1) is 0 Å². The number of nitrogens with one attached hydrogen (secondary N) is 2. The van der Waals surface area contributed by atoms with Gasteiger partial charge in [0.2, 0.25) is 0 Å². The van der Waals surface area contributed by atoms with Crippen LogP contribution in [0.2, 0.25) is 0 Å². The molecule has 194 valence electrons. The molecule has 8 N–H and O–H groups in total. The molecule has 4 rings (SSSR count). The van der Waals surface area contributed by atoms with Crippen molar-refractivity contribution in [2.24, 2.45) is 11.5 Å². The molecule has 2 aromatic heterocycles. The SMILES string of the molecule is NC(=O)c1c[nH]c2c(C(=O)OC(=O)C(O)C(O)C(=O)OC(=O)c3cccc4c(C(N)=O)c[nH]c34)cccc12. The molecule has 0 spiro atoms. The number of aliphatic hydroxyl groups is 2. The van der Waals surface area contributed by atoms with Gasteiger partial charge in [-0.1, -0.05) is 24.3 Å². The lowest BCUT2D eigenvalue weighted by Gasteiger charge is -2.15. The molecule has 0 aliphatic rings. The third-order valence-corrected chi connectivity index (χ3v) is 5.57. The minimum absolute atomic E-state index is 0.0738. The molecule has 0 radical (unpaired) electrons. The van der Waals surface area contributed by atoms with Crippen molar-refractivity contribution >= 4 is 57.5 Å². The molecule has 2 aromatic carbocycles. The van der Waals surface area contributed by atoms with E-state index in [4.69, 9.17) is 11.5 Å². The fourth-order valence-corrected chi connectivity index (χ4v) is 3.73. The minimum atomic E-state index is -2.61. The number of esters is 4. The maximum atomic E-state index is 12.5. The summed E-state index contributed by atoms with van der Waals surface area (Å²) in [4.78, 5) is 77.8. The number of primary amides is 2. The number of hydrogen-bond acceptors (Lipinski definition) is 10. The zero-order chi connectivity index (χ0) is 27.7. The molecule has 38 heavy (non-hydrogen) atoms. The summed E-state index contributed by atoms with van der Waals surface area (Å²) in [7, 11) is 0. The first-order chi connectivity index (χ1) is 18.0. The van der Waals surface area contributed by atoms with E-state index in [9.17, 15) is 39.0 Å². The molecule has 2 unspecified atom stereocenters. The van der Waals surface area contributed by atoms with Crippen molar-refractivity contribution in [1.82, 2.24) is 9.97 Å². The lowest BCUT2D eigenvalue weighted by molar-refractivity contribution is -0.166. The second-order valence-corrected chi connectivity index (χ2v) is 7.90. The van der Waals surface area contributed by atoms with Gasteiger partial charge in [-0.2, -0.15) is 0 Å². The largest absolute Gasteiger partial charge is 0.387 e. The van der Waals surface area contributed by atoms with E-state index in [0.717, 1.165) is 0 Å². The topological polar surface area (TPSA) is 245 Å². The number of hydrogen-bond donors (Lipinski definition) is 6. The summed E-state index contributed by atoms with van der Waals surface area (Å²) in [5.41, 5.74) is 10.5. The molecule has 0 bridgehead atoms. The zero-order valence-electron chi connectivity index (χ0n) is 19.1. The van der Waals surface area contributed by atoms with Gasteiger partial charge in [0.1, 0.15) is 0 Å². The average molecular weight is 522 g/mol. The summed E-state index contributed by atoms with van der Waals surface area (Å²) in [6.45, 7) is 0. The first-order valence-electron chi connectivity index (χ1n) is 10.7. The zero-order valence-corrected chi connectivity index (χ0v) is 19.1. The second-order valence-electron chi connectivity index (χ2n) is 7.90. The highest BCUT2D eigenvalue weighted by atomic mass is 16.6. The summed E-state index contributed by atoms with van der Waals surface area (Å²) < 4.78 is 9.11. The normalized spacial score (nSPS) is 12.6. The minimum Gasteiger partial charge on any atom is -0.387 e. The van der Waals surface area contributed by atoms with Crippen molar-refractivity contribution in [3.8, 4) is 0 Å². The summed E-state index contributed by atoms with van der Waals surface area (Å²) in [5.74, 6) is -7.54. The molecule has 14 nitrogen and oxygen atoms in total. The van der Waals surface area contributed by atoms with Crippen molar-refractivity contribution in [2.45, 2.75) is 12.2 Å². The number of fused-ring (bicyclic) bond motifs is 2. The van der Waals surface area contributed by atoms with E-state index in [1.807, 2.05) is 0 Å². The number of rotatable bonds is 7. The summed E-state index contributed by atoms with van der Waals surface area (Å²) in [6.07, 6.45) is -2.71. The number of aromatic nitrogens is 2. The number of para-hydroxylation sites is 2. The van der Waals surface area contributed by atoms with Gasteiger partial charge in [0.25, 0.3) is 11.8 Å². The number of H-pyrrole nitrogens is 2. The molecular weight excluding hydrogens is 504 g/mol. The standard InChI is InChI=1S/C24H18N4O10/c25-19(31)13-7-27-15-9(13)3-1-5-11(15)21(33)37-23(35)17(29)18(30)24(36)38-22(34)12-6-2-4-10-14(20(26)32)8-28-16(10)12/h1-8,17-18,27-30H,(H2,25,31)(H2,26,32). The van der Waals surface area contributed by atoms with Crippen LogP contribution in [0.3, 0.4) is 0 Å². The lowest BCUT2D eigenvalue weighted by Crippen LogP contribution is -2.43. The van der Waals surface area contributed by atoms with E-state index in [0.29, 0.717) is 0 Å². The Kier molecular flexibility index (Phi) is 6.75. The quantitative estimate of drug-likeness (QED) is 0.136. The summed E-state index contributed by atoms with van der Waals surface area (Å²) in [5, 5.41) is 20.6. The van der Waals surface area contributed by atoms with Crippen LogP contribution in [0.4, 0.5) is 0 Å². The molecule has 0 saturated carbocycles. The number of nitrogens with two attached hydrogens (primary N) is 2. The van der Waals surface area contributed by atoms with Crippen molar-refractivity contribution < 1.29 is 48.5 Å². The maximum absolute atomic E-state index is 12.5. The molecule has 0 aliphatic carbocycles. The Labute approximate surface area is 211 Å². The van der Waals surface area contributed by atoms with Gasteiger partial charge in [0, 0.05) is 23.2 Å². The fraction of sp³-hybridized carbons (Fsp3) is 0.0833. The molecule has 4 aromatic rings. The summed E-state index contributed by atoms with van der Waals surface area (Å²) >= 11 is 0. The Morgan fingerprint density at radius 2 is 1.00 bits per heavy atom. The van der Waals surface area contributed by atoms with E-state index >= 15 is 0 Å².